The molecule has 1 aromatic rings. The summed E-state index contributed by atoms with van der Waals surface area (Å²) >= 11 is 0. The lowest BCUT2D eigenvalue weighted by Crippen LogP contribution is -2.52. The Bertz CT molecular complexity index is 836. The van der Waals surface area contributed by atoms with E-state index in [2.05, 4.69) is 10.0 Å². The van der Waals surface area contributed by atoms with Gasteiger partial charge in [0.1, 0.15) is 11.5 Å². The van der Waals surface area contributed by atoms with Crippen LogP contribution in [0.2, 0.25) is 0 Å². The quantitative estimate of drug-likeness (QED) is 0.428. The van der Waals surface area contributed by atoms with Crippen LogP contribution in [0.1, 0.15) is 20.3 Å². The van der Waals surface area contributed by atoms with Crippen molar-refractivity contribution in [2.45, 2.75) is 26.4 Å². The van der Waals surface area contributed by atoms with E-state index in [1.165, 1.54) is 4.90 Å². The third kappa shape index (κ3) is 9.41. The van der Waals surface area contributed by atoms with Gasteiger partial charge in [0.25, 0.3) is 0 Å². The smallest absolute Gasteiger partial charge is 0.241 e. The molecule has 2 rings (SSSR count). The molecule has 0 atom stereocenters. The zero-order chi connectivity index (χ0) is 23.6. The van der Waals surface area contributed by atoms with E-state index in [1.54, 1.807) is 31.4 Å². The number of amides is 2. The molecule has 0 bridgehead atoms. The van der Waals surface area contributed by atoms with Gasteiger partial charge in [-0.25, -0.2) is 8.42 Å². The Labute approximate surface area is 190 Å². The van der Waals surface area contributed by atoms with Crippen molar-refractivity contribution in [1.82, 2.24) is 15.1 Å². The van der Waals surface area contributed by atoms with Crippen molar-refractivity contribution in [3.05, 3.63) is 24.3 Å². The van der Waals surface area contributed by atoms with Crippen LogP contribution < -0.4 is 14.8 Å². The van der Waals surface area contributed by atoms with Crippen LogP contribution in [0.15, 0.2) is 24.3 Å². The van der Waals surface area contributed by atoms with Gasteiger partial charge in [0, 0.05) is 52.1 Å². The van der Waals surface area contributed by atoms with Gasteiger partial charge in [-0.05, 0) is 44.5 Å². The van der Waals surface area contributed by atoms with Crippen LogP contribution in [0.25, 0.3) is 0 Å². The molecule has 2 amide bonds. The number of benzene rings is 1. The van der Waals surface area contributed by atoms with Crippen LogP contribution in [0.3, 0.4) is 0 Å². The van der Waals surface area contributed by atoms with Crippen LogP contribution >= 0.6 is 0 Å². The zero-order valence-corrected chi connectivity index (χ0v) is 19.8. The van der Waals surface area contributed by atoms with E-state index >= 15 is 0 Å². The molecule has 1 aliphatic rings. The van der Waals surface area contributed by atoms with Gasteiger partial charge in [0.15, 0.2) is 0 Å². The first-order valence-corrected chi connectivity index (χ1v) is 12.4. The lowest BCUT2D eigenvalue weighted by Gasteiger charge is -2.34. The number of carbonyl (C=O) groups is 2. The number of sulfonamides is 1. The second-order valence-corrected chi connectivity index (χ2v) is 9.63. The molecule has 0 saturated carbocycles. The normalized spacial score (nSPS) is 14.9. The lowest BCUT2D eigenvalue weighted by atomic mass is 10.3. The van der Waals surface area contributed by atoms with E-state index in [0.29, 0.717) is 50.8 Å². The van der Waals surface area contributed by atoms with Gasteiger partial charge < -0.3 is 19.7 Å². The van der Waals surface area contributed by atoms with Gasteiger partial charge in [0.2, 0.25) is 21.8 Å². The Balaban J connectivity index is 1.75. The number of nitrogens with zero attached hydrogens (tertiary/aromatic N) is 2. The molecule has 1 fully saturated rings. The van der Waals surface area contributed by atoms with Crippen molar-refractivity contribution in [3.8, 4) is 5.75 Å². The fourth-order valence-corrected chi connectivity index (χ4v) is 4.28. The molecule has 1 heterocycles. The van der Waals surface area contributed by atoms with Crippen molar-refractivity contribution in [1.29, 1.82) is 0 Å². The third-order valence-electron chi connectivity index (χ3n) is 4.75. The average Bonchev–Trinajstić information content (AvgIpc) is 2.72. The molecule has 0 radical (unpaired) electrons. The minimum absolute atomic E-state index is 0.0194. The van der Waals surface area contributed by atoms with E-state index in [0.717, 1.165) is 6.42 Å². The maximum absolute atomic E-state index is 12.5. The van der Waals surface area contributed by atoms with E-state index in [9.17, 15) is 18.0 Å². The first-order chi connectivity index (χ1) is 15.2. The summed E-state index contributed by atoms with van der Waals surface area (Å²) in [5.41, 5.74) is 0.371. The number of piperazine rings is 1. The van der Waals surface area contributed by atoms with Gasteiger partial charge >= 0.3 is 0 Å². The summed E-state index contributed by atoms with van der Waals surface area (Å²) in [6.07, 6.45) is 0.772. The van der Waals surface area contributed by atoms with Crippen LogP contribution in [0, 0.1) is 0 Å². The molecule has 1 aromatic carbocycles. The van der Waals surface area contributed by atoms with E-state index in [-0.39, 0.29) is 18.6 Å². The van der Waals surface area contributed by atoms with Crippen molar-refractivity contribution in [3.63, 3.8) is 0 Å². The predicted molar refractivity (Wildman–Crippen MR) is 122 cm³/mol. The van der Waals surface area contributed by atoms with Crippen LogP contribution in [0.4, 0.5) is 5.69 Å². The minimum Gasteiger partial charge on any atom is -0.491 e. The molecule has 0 spiro atoms. The van der Waals surface area contributed by atoms with Crippen LogP contribution in [-0.2, 0) is 24.3 Å². The molecule has 0 aromatic heterocycles. The summed E-state index contributed by atoms with van der Waals surface area (Å²) in [6.45, 7) is 7.01. The SMILES string of the molecule is COCCCNC(=O)CN1CCN(C(=O)CS(=O)(=O)Nc2ccc(OC(C)C)cc2)CC1. The summed E-state index contributed by atoms with van der Waals surface area (Å²) in [5.74, 6) is -0.518. The molecule has 11 heteroatoms. The topological polar surface area (TPSA) is 117 Å². The number of hydrogen-bond donors (Lipinski definition) is 2. The largest absolute Gasteiger partial charge is 0.491 e. The van der Waals surface area contributed by atoms with Crippen LogP contribution in [0.5, 0.6) is 5.75 Å². The number of rotatable bonds is 12. The molecule has 10 nitrogen and oxygen atoms in total. The Hall–Kier alpha value is -2.37. The first kappa shape index (κ1) is 25.9. The first-order valence-electron chi connectivity index (χ1n) is 10.7. The second kappa shape index (κ2) is 12.6. The fourth-order valence-electron chi connectivity index (χ4n) is 3.20. The number of nitrogens with one attached hydrogen (secondary N) is 2. The van der Waals surface area contributed by atoms with Gasteiger partial charge in [-0.1, -0.05) is 0 Å². The van der Waals surface area contributed by atoms with Crippen molar-refractivity contribution in [2.75, 3.05) is 63.5 Å². The van der Waals surface area contributed by atoms with E-state index in [1.807, 2.05) is 18.7 Å². The summed E-state index contributed by atoms with van der Waals surface area (Å²) in [4.78, 5) is 27.9. The number of methoxy groups -OCH3 is 1. The Morgan fingerprint density at radius 1 is 1.09 bits per heavy atom. The molecule has 32 heavy (non-hydrogen) atoms. The number of ether oxygens (including phenoxy) is 2. The van der Waals surface area contributed by atoms with Crippen molar-refractivity contribution in [2.24, 2.45) is 0 Å². The molecular weight excluding hydrogens is 436 g/mol. The average molecular weight is 471 g/mol. The fraction of sp³-hybridized carbons (Fsp3) is 0.619. The van der Waals surface area contributed by atoms with E-state index in [4.69, 9.17) is 9.47 Å². The summed E-state index contributed by atoms with van der Waals surface area (Å²) in [6, 6.07) is 6.54. The predicted octanol–water partition coefficient (Wildman–Crippen LogP) is 0.512. The molecule has 0 unspecified atom stereocenters. The Kier molecular flexibility index (Phi) is 10.2. The molecule has 1 aliphatic heterocycles. The zero-order valence-electron chi connectivity index (χ0n) is 19.0. The van der Waals surface area contributed by atoms with Gasteiger partial charge in [0.05, 0.1) is 12.6 Å². The second-order valence-electron chi connectivity index (χ2n) is 7.91. The third-order valence-corrected chi connectivity index (χ3v) is 5.93. The number of carbonyl (C=O) groups excluding carboxylic acids is 2. The number of anilines is 1. The van der Waals surface area contributed by atoms with Gasteiger partial charge in [-0.3, -0.25) is 19.2 Å². The highest BCUT2D eigenvalue weighted by atomic mass is 32.2. The van der Waals surface area contributed by atoms with E-state index < -0.39 is 21.7 Å². The van der Waals surface area contributed by atoms with Gasteiger partial charge in [-0.2, -0.15) is 0 Å². The van der Waals surface area contributed by atoms with Crippen molar-refractivity contribution >= 4 is 27.5 Å². The maximum atomic E-state index is 12.5. The minimum atomic E-state index is -3.84. The Morgan fingerprint density at radius 3 is 2.34 bits per heavy atom. The molecule has 1 saturated heterocycles. The number of hydrogen-bond acceptors (Lipinski definition) is 7. The highest BCUT2D eigenvalue weighted by Crippen LogP contribution is 2.18. The monoisotopic (exact) mass is 470 g/mol. The maximum Gasteiger partial charge on any atom is 0.241 e. The lowest BCUT2D eigenvalue weighted by molar-refractivity contribution is -0.130. The summed E-state index contributed by atoms with van der Waals surface area (Å²) < 4.78 is 37.7. The Morgan fingerprint density at radius 2 is 1.75 bits per heavy atom. The molecule has 0 aliphatic carbocycles. The summed E-state index contributed by atoms with van der Waals surface area (Å²) in [7, 11) is -2.22. The highest BCUT2D eigenvalue weighted by molar-refractivity contribution is 7.93. The highest BCUT2D eigenvalue weighted by Gasteiger charge is 2.26. The van der Waals surface area contributed by atoms with Gasteiger partial charge in [-0.15, -0.1) is 0 Å². The molecular formula is C21H34N4O6S. The summed E-state index contributed by atoms with van der Waals surface area (Å²) in [5, 5.41) is 2.83. The molecule has 180 valence electrons. The van der Waals surface area contributed by atoms with Crippen molar-refractivity contribution < 1.29 is 27.5 Å². The molecule has 2 N–H and O–H groups in total. The van der Waals surface area contributed by atoms with Crippen LogP contribution in [-0.4, -0.2) is 94.9 Å². The standard InChI is InChI=1S/C21H34N4O6S/c1-17(2)31-19-7-5-18(6-8-19)23-32(28,29)16-21(27)25-12-10-24(11-13-25)15-20(26)22-9-4-14-30-3/h5-8,17,23H,4,9-16H2,1-3H3,(H,22,26).